The molecule has 1 N–H and O–H groups in total. The summed E-state index contributed by atoms with van der Waals surface area (Å²) in [6.45, 7) is 0.511. The summed E-state index contributed by atoms with van der Waals surface area (Å²) in [6, 6.07) is 21.7. The molecule has 0 unspecified atom stereocenters. The molecule has 3 aromatic rings. The normalized spacial score (nSPS) is 10.4. The lowest BCUT2D eigenvalue weighted by Crippen LogP contribution is -1.94. The summed E-state index contributed by atoms with van der Waals surface area (Å²) in [7, 11) is 0. The van der Waals surface area contributed by atoms with Gasteiger partial charge in [0.05, 0.1) is 0 Å². The van der Waals surface area contributed by atoms with E-state index >= 15 is 0 Å². The maximum Gasteiger partial charge on any atom is 0.164 e. The second kappa shape index (κ2) is 6.31. The van der Waals surface area contributed by atoms with E-state index in [0.29, 0.717) is 6.61 Å². The Bertz CT molecular complexity index is 752. The van der Waals surface area contributed by atoms with E-state index in [9.17, 15) is 9.50 Å². The molecule has 0 bridgehead atoms. The molecule has 0 fully saturated rings. The summed E-state index contributed by atoms with van der Waals surface area (Å²) in [4.78, 5) is 0. The Morgan fingerprint density at radius 2 is 1.50 bits per heavy atom. The van der Waals surface area contributed by atoms with Gasteiger partial charge in [0.1, 0.15) is 12.4 Å². The van der Waals surface area contributed by atoms with E-state index < -0.39 is 5.82 Å². The van der Waals surface area contributed by atoms with Gasteiger partial charge in [-0.15, -0.1) is 0 Å². The third kappa shape index (κ3) is 3.26. The fraction of sp³-hybridized carbons (Fsp3) is 0.0526. The van der Waals surface area contributed by atoms with Crippen molar-refractivity contribution >= 4 is 0 Å². The van der Waals surface area contributed by atoms with Crippen LogP contribution < -0.4 is 4.74 Å². The second-order valence-electron chi connectivity index (χ2n) is 4.96. The molecule has 110 valence electrons. The van der Waals surface area contributed by atoms with Crippen LogP contribution in [0.15, 0.2) is 72.8 Å². The number of phenolic OH excluding ortho intramolecular Hbond substituents is 1. The summed E-state index contributed by atoms with van der Waals surface area (Å²) in [6.07, 6.45) is 0. The first-order chi connectivity index (χ1) is 10.7. The molecule has 3 heteroatoms. The average molecular weight is 294 g/mol. The molecule has 0 aliphatic carbocycles. The van der Waals surface area contributed by atoms with Crippen LogP contribution in [0.2, 0.25) is 0 Å². The van der Waals surface area contributed by atoms with Crippen molar-refractivity contribution in [3.8, 4) is 22.6 Å². The largest absolute Gasteiger partial charge is 0.505 e. The van der Waals surface area contributed by atoms with Gasteiger partial charge in [0, 0.05) is 0 Å². The minimum Gasteiger partial charge on any atom is -0.505 e. The molecule has 0 saturated carbocycles. The number of hydrogen-bond donors (Lipinski definition) is 1. The van der Waals surface area contributed by atoms with E-state index in [0.717, 1.165) is 22.4 Å². The van der Waals surface area contributed by atoms with Crippen LogP contribution >= 0.6 is 0 Å². The fourth-order valence-electron chi connectivity index (χ4n) is 2.18. The van der Waals surface area contributed by atoms with Crippen molar-refractivity contribution in [3.05, 3.63) is 84.2 Å². The van der Waals surface area contributed by atoms with E-state index in [-0.39, 0.29) is 5.75 Å². The number of phenols is 1. The van der Waals surface area contributed by atoms with Gasteiger partial charge in [0.15, 0.2) is 11.6 Å². The lowest BCUT2D eigenvalue weighted by atomic mass is 10.1. The fourth-order valence-corrected chi connectivity index (χ4v) is 2.18. The Morgan fingerprint density at radius 3 is 2.18 bits per heavy atom. The van der Waals surface area contributed by atoms with Gasteiger partial charge in [-0.05, 0) is 41.0 Å². The molecular formula is C19H15FO2. The highest BCUT2D eigenvalue weighted by Gasteiger charge is 2.04. The number of halogens is 1. The summed E-state index contributed by atoms with van der Waals surface area (Å²) < 4.78 is 18.8. The van der Waals surface area contributed by atoms with Gasteiger partial charge in [-0.1, -0.05) is 48.5 Å². The van der Waals surface area contributed by atoms with Crippen LogP contribution in [-0.2, 0) is 6.61 Å². The monoisotopic (exact) mass is 294 g/mol. The van der Waals surface area contributed by atoms with Crippen LogP contribution in [0.1, 0.15) is 5.56 Å². The molecule has 2 nitrogen and oxygen atoms in total. The number of aromatic hydroxyl groups is 1. The summed E-state index contributed by atoms with van der Waals surface area (Å²) >= 11 is 0. The van der Waals surface area contributed by atoms with Gasteiger partial charge in [0.2, 0.25) is 0 Å². The van der Waals surface area contributed by atoms with E-state index in [2.05, 4.69) is 0 Å². The van der Waals surface area contributed by atoms with Gasteiger partial charge >= 0.3 is 0 Å². The first-order valence-electron chi connectivity index (χ1n) is 6.98. The molecule has 0 atom stereocenters. The third-order valence-electron chi connectivity index (χ3n) is 3.38. The molecule has 0 heterocycles. The topological polar surface area (TPSA) is 29.5 Å². The molecule has 0 amide bonds. The highest BCUT2D eigenvalue weighted by Crippen LogP contribution is 2.27. The van der Waals surface area contributed by atoms with Crippen molar-refractivity contribution in [2.24, 2.45) is 0 Å². The average Bonchev–Trinajstić information content (AvgIpc) is 2.57. The smallest absolute Gasteiger partial charge is 0.164 e. The number of ether oxygens (including phenoxy) is 1. The lowest BCUT2D eigenvalue weighted by Gasteiger charge is -2.08. The first kappa shape index (κ1) is 14.1. The van der Waals surface area contributed by atoms with Gasteiger partial charge in [-0.25, -0.2) is 4.39 Å². The van der Waals surface area contributed by atoms with Crippen LogP contribution in [0.3, 0.4) is 0 Å². The van der Waals surface area contributed by atoms with E-state index in [1.54, 1.807) is 6.07 Å². The summed E-state index contributed by atoms with van der Waals surface area (Å²) in [5.41, 5.74) is 2.76. The predicted octanol–water partition coefficient (Wildman–Crippen LogP) is 4.78. The number of hydrogen-bond acceptors (Lipinski definition) is 2. The maximum absolute atomic E-state index is 13.1. The van der Waals surface area contributed by atoms with Crippen LogP contribution in [0.4, 0.5) is 4.39 Å². The SMILES string of the molecule is Oc1cc(-c2ccc(OCc3ccccc3)cc2)ccc1F. The van der Waals surface area contributed by atoms with E-state index in [4.69, 9.17) is 4.74 Å². The van der Waals surface area contributed by atoms with Crippen LogP contribution in [-0.4, -0.2) is 5.11 Å². The van der Waals surface area contributed by atoms with E-state index in [1.807, 2.05) is 54.6 Å². The van der Waals surface area contributed by atoms with Crippen LogP contribution in [0.25, 0.3) is 11.1 Å². The highest BCUT2D eigenvalue weighted by molar-refractivity contribution is 5.65. The Morgan fingerprint density at radius 1 is 0.818 bits per heavy atom. The zero-order valence-electron chi connectivity index (χ0n) is 11.9. The molecule has 0 spiro atoms. The quantitative estimate of drug-likeness (QED) is 0.750. The zero-order chi connectivity index (χ0) is 15.4. The van der Waals surface area contributed by atoms with Crippen LogP contribution in [0.5, 0.6) is 11.5 Å². The second-order valence-corrected chi connectivity index (χ2v) is 4.96. The molecule has 22 heavy (non-hydrogen) atoms. The van der Waals surface area contributed by atoms with Crippen molar-refractivity contribution in [3.63, 3.8) is 0 Å². The molecule has 0 aliphatic rings. The molecular weight excluding hydrogens is 279 g/mol. The number of benzene rings is 3. The lowest BCUT2D eigenvalue weighted by molar-refractivity contribution is 0.306. The van der Waals surface area contributed by atoms with Crippen molar-refractivity contribution in [2.75, 3.05) is 0 Å². The molecule has 0 saturated heterocycles. The van der Waals surface area contributed by atoms with Crippen molar-refractivity contribution in [1.82, 2.24) is 0 Å². The number of rotatable bonds is 4. The summed E-state index contributed by atoms with van der Waals surface area (Å²) in [5, 5.41) is 9.43. The molecule has 3 aromatic carbocycles. The Balaban J connectivity index is 1.71. The van der Waals surface area contributed by atoms with Crippen LogP contribution in [0, 0.1) is 5.82 Å². The minimum absolute atomic E-state index is 0.345. The highest BCUT2D eigenvalue weighted by atomic mass is 19.1. The van der Waals surface area contributed by atoms with Gasteiger partial charge in [0.25, 0.3) is 0 Å². The standard InChI is InChI=1S/C19H15FO2/c20-18-11-8-16(12-19(18)21)15-6-9-17(10-7-15)22-13-14-4-2-1-3-5-14/h1-12,21H,13H2. The van der Waals surface area contributed by atoms with E-state index in [1.165, 1.54) is 12.1 Å². The molecule has 0 aliphatic heterocycles. The summed E-state index contributed by atoms with van der Waals surface area (Å²) in [5.74, 6) is -0.201. The molecule has 3 rings (SSSR count). The molecule has 0 aromatic heterocycles. The minimum atomic E-state index is -0.619. The van der Waals surface area contributed by atoms with Crippen molar-refractivity contribution < 1.29 is 14.2 Å². The van der Waals surface area contributed by atoms with Gasteiger partial charge in [-0.2, -0.15) is 0 Å². The van der Waals surface area contributed by atoms with Crippen molar-refractivity contribution in [1.29, 1.82) is 0 Å². The Hall–Kier alpha value is -2.81. The zero-order valence-corrected chi connectivity index (χ0v) is 11.9. The predicted molar refractivity (Wildman–Crippen MR) is 84.3 cm³/mol. The third-order valence-corrected chi connectivity index (χ3v) is 3.38. The van der Waals surface area contributed by atoms with Gasteiger partial charge < -0.3 is 9.84 Å². The first-order valence-corrected chi connectivity index (χ1v) is 6.98. The van der Waals surface area contributed by atoms with Crippen molar-refractivity contribution in [2.45, 2.75) is 6.61 Å². The Labute approximate surface area is 128 Å². The van der Waals surface area contributed by atoms with Gasteiger partial charge in [-0.3, -0.25) is 0 Å². The Kier molecular flexibility index (Phi) is 4.05. The maximum atomic E-state index is 13.1. The molecule has 0 radical (unpaired) electrons.